The average molecular weight is 342 g/mol. The minimum absolute atomic E-state index is 0.839. The lowest BCUT2D eigenvalue weighted by molar-refractivity contribution is 0.344. The van der Waals surface area contributed by atoms with Crippen molar-refractivity contribution in [3.8, 4) is 12.1 Å². The summed E-state index contributed by atoms with van der Waals surface area (Å²) in [6.07, 6.45) is 0. The second kappa shape index (κ2) is 7.39. The van der Waals surface area contributed by atoms with E-state index in [1.54, 1.807) is 27.7 Å². The fraction of sp³-hybridized carbons (Fsp3) is 0.750. The van der Waals surface area contributed by atoms with E-state index >= 15 is 0 Å². The lowest BCUT2D eigenvalue weighted by Crippen LogP contribution is -2.17. The van der Waals surface area contributed by atoms with Gasteiger partial charge in [0.15, 0.2) is 11.1 Å². The Labute approximate surface area is 122 Å². The molecule has 0 saturated carbocycles. The zero-order chi connectivity index (χ0) is 17.5. The highest BCUT2D eigenvalue weighted by atomic mass is 32.3. The van der Waals surface area contributed by atoms with Crippen molar-refractivity contribution in [2.75, 3.05) is 0 Å². The molecule has 0 atom stereocenters. The van der Waals surface area contributed by atoms with Crippen LogP contribution >= 0.6 is 0 Å². The average Bonchev–Trinajstić information content (AvgIpc) is 2.23. The van der Waals surface area contributed by atoms with Crippen LogP contribution in [0.25, 0.3) is 0 Å². The van der Waals surface area contributed by atoms with Crippen molar-refractivity contribution in [2.45, 2.75) is 38.8 Å². The van der Waals surface area contributed by atoms with Crippen LogP contribution in [0.1, 0.15) is 27.7 Å². The first-order chi connectivity index (χ1) is 9.04. The predicted octanol–water partition coefficient (Wildman–Crippen LogP) is 0.652. The van der Waals surface area contributed by atoms with E-state index in [9.17, 15) is 16.8 Å². The maximum Gasteiger partial charge on any atom is 0.413 e. The Hall–Kier alpha value is -1.64. The van der Waals surface area contributed by atoms with E-state index in [0.717, 1.165) is 0 Å². The van der Waals surface area contributed by atoms with Crippen LogP contribution in [0, 0.1) is 22.7 Å². The Morgan fingerprint density at radius 3 is 1.19 bits per heavy atom. The van der Waals surface area contributed by atoms with Gasteiger partial charge in [0.1, 0.15) is 0 Å². The van der Waals surface area contributed by atoms with Crippen molar-refractivity contribution >= 4 is 20.8 Å². The van der Waals surface area contributed by atoms with Crippen LogP contribution in [-0.4, -0.2) is 37.0 Å². The molecule has 0 spiro atoms. The maximum atomic E-state index is 9.44. The molecule has 2 N–H and O–H groups in total. The molecule has 0 saturated heterocycles. The van der Waals surface area contributed by atoms with Crippen molar-refractivity contribution < 1.29 is 29.6 Å². The first-order valence-electron chi connectivity index (χ1n) is 4.96. The molecule has 0 aliphatic rings. The summed E-state index contributed by atoms with van der Waals surface area (Å²) in [7, 11) is -10.2. The van der Waals surface area contributed by atoms with Gasteiger partial charge < -0.3 is 0 Å². The van der Waals surface area contributed by atoms with E-state index in [1.807, 2.05) is 12.1 Å². The monoisotopic (exact) mass is 342 g/mol. The fourth-order valence-electron chi connectivity index (χ4n) is 0.403. The number of rotatable bonds is 4. The zero-order valence-electron chi connectivity index (χ0n) is 11.5. The predicted molar refractivity (Wildman–Crippen MR) is 68.4 cm³/mol. The maximum absolute atomic E-state index is 9.44. The summed E-state index contributed by atoms with van der Waals surface area (Å²) < 4.78 is 55.6. The van der Waals surface area contributed by atoms with Crippen molar-refractivity contribution in [3.63, 3.8) is 0 Å². The van der Waals surface area contributed by atoms with Gasteiger partial charge in [-0.15, -0.1) is 3.63 Å². The van der Waals surface area contributed by atoms with Crippen LogP contribution in [0.3, 0.4) is 0 Å². The molecule has 0 aromatic rings. The van der Waals surface area contributed by atoms with E-state index in [-0.39, 0.29) is 0 Å². The summed E-state index contributed by atoms with van der Waals surface area (Å²) in [5, 5.41) is 24.7. The molecule has 0 fully saturated rings. The lowest BCUT2D eigenvalue weighted by atomic mass is 10.1. The smallest absolute Gasteiger partial charge is 0.263 e. The molecule has 0 bridgehead atoms. The van der Waals surface area contributed by atoms with Gasteiger partial charge in [-0.3, -0.25) is 9.11 Å². The molecule has 11 nitrogen and oxygen atoms in total. The molecular formula is C8H14N4O7S2. The number of hydrogen-bond acceptors (Lipinski definition) is 9. The van der Waals surface area contributed by atoms with Crippen LogP contribution in [0.4, 0.5) is 0 Å². The van der Waals surface area contributed by atoms with E-state index in [2.05, 4.69) is 13.9 Å². The van der Waals surface area contributed by atoms with Gasteiger partial charge in [0.2, 0.25) is 0 Å². The summed E-state index contributed by atoms with van der Waals surface area (Å²) in [4.78, 5) is 0. The Morgan fingerprint density at radius 2 is 1.10 bits per heavy atom. The summed E-state index contributed by atoms with van der Waals surface area (Å²) in [6, 6.07) is 3.94. The molecule has 120 valence electrons. The van der Waals surface area contributed by atoms with E-state index in [0.29, 0.717) is 0 Å². The second-order valence-electron chi connectivity index (χ2n) is 4.47. The van der Waals surface area contributed by atoms with Gasteiger partial charge in [-0.25, -0.2) is 0 Å². The van der Waals surface area contributed by atoms with E-state index < -0.39 is 31.9 Å². The van der Waals surface area contributed by atoms with Crippen LogP contribution in [0.2, 0.25) is 0 Å². The molecule has 0 aliphatic carbocycles. The minimum atomic E-state index is -5.12. The van der Waals surface area contributed by atoms with Crippen molar-refractivity contribution in [2.24, 2.45) is 10.2 Å². The van der Waals surface area contributed by atoms with Gasteiger partial charge >= 0.3 is 20.8 Å². The molecule has 0 rings (SSSR count). The fourth-order valence-corrected chi connectivity index (χ4v) is 1.27. The van der Waals surface area contributed by atoms with Crippen LogP contribution in [0.5, 0.6) is 0 Å². The van der Waals surface area contributed by atoms with Crippen molar-refractivity contribution in [1.82, 2.24) is 0 Å². The summed E-state index contributed by atoms with van der Waals surface area (Å²) in [5.41, 5.74) is -1.68. The topological polar surface area (TPSA) is 190 Å². The van der Waals surface area contributed by atoms with Gasteiger partial charge in [0.25, 0.3) is 0 Å². The molecule has 0 aromatic carbocycles. The van der Waals surface area contributed by atoms with Gasteiger partial charge in [0.05, 0.1) is 12.1 Å². The Morgan fingerprint density at radius 1 is 0.857 bits per heavy atom. The molecule has 0 radical (unpaired) electrons. The molecule has 0 aromatic heterocycles. The van der Waals surface area contributed by atoms with Gasteiger partial charge in [0, 0.05) is 0 Å². The highest BCUT2D eigenvalue weighted by molar-refractivity contribution is 7.94. The number of hydrogen-bond donors (Lipinski definition) is 2. The molecule has 0 aliphatic heterocycles. The van der Waals surface area contributed by atoms with Gasteiger partial charge in [-0.1, -0.05) is 0 Å². The standard InChI is InChI=1S/C8H12N4.H2O7S2/c1-7(2,5-9)11-12-8(3,4)6-10;1-8(2,3)7-9(4,5)6/h1-4H3;(H,1,2,3)(H,4,5,6). The second-order valence-corrected chi connectivity index (χ2v) is 6.72. The number of nitriles is 2. The first kappa shape index (κ1) is 21.7. The first-order valence-corrected chi connectivity index (χ1v) is 7.69. The SMILES string of the molecule is CC(C)(C#N)N=NC(C)(C)C#N.O=S(=O)(O)OS(=O)(=O)O. The molecule has 13 heteroatoms. The van der Waals surface area contributed by atoms with Crippen LogP contribution in [0.15, 0.2) is 10.2 Å². The Kier molecular flexibility index (Phi) is 7.62. The third kappa shape index (κ3) is 16.3. The molecular weight excluding hydrogens is 328 g/mol. The Bertz CT molecular complexity index is 606. The summed E-state index contributed by atoms with van der Waals surface area (Å²) >= 11 is 0. The number of nitrogens with zero attached hydrogens (tertiary/aromatic N) is 4. The third-order valence-corrected chi connectivity index (χ3v) is 2.64. The minimum Gasteiger partial charge on any atom is -0.263 e. The lowest BCUT2D eigenvalue weighted by Gasteiger charge is -2.11. The van der Waals surface area contributed by atoms with Gasteiger partial charge in [-0.2, -0.15) is 37.6 Å². The van der Waals surface area contributed by atoms with Crippen LogP contribution < -0.4 is 0 Å². The summed E-state index contributed by atoms with van der Waals surface area (Å²) in [5.74, 6) is 0. The van der Waals surface area contributed by atoms with E-state index in [1.165, 1.54) is 0 Å². The zero-order valence-corrected chi connectivity index (χ0v) is 13.2. The third-order valence-electron chi connectivity index (χ3n) is 1.27. The van der Waals surface area contributed by atoms with Gasteiger partial charge in [-0.05, 0) is 27.7 Å². The highest BCUT2D eigenvalue weighted by Gasteiger charge is 2.19. The normalized spacial score (nSPS) is 13.0. The number of azo groups is 1. The van der Waals surface area contributed by atoms with Crippen molar-refractivity contribution in [3.05, 3.63) is 0 Å². The largest absolute Gasteiger partial charge is 0.413 e. The Balaban J connectivity index is 0. The quantitative estimate of drug-likeness (QED) is 0.545. The molecule has 21 heavy (non-hydrogen) atoms. The van der Waals surface area contributed by atoms with Crippen molar-refractivity contribution in [1.29, 1.82) is 10.5 Å². The summed E-state index contributed by atoms with van der Waals surface area (Å²) in [6.45, 7) is 6.57. The van der Waals surface area contributed by atoms with E-state index in [4.69, 9.17) is 19.6 Å². The van der Waals surface area contributed by atoms with Crippen LogP contribution in [-0.2, 0) is 24.4 Å². The highest BCUT2D eigenvalue weighted by Crippen LogP contribution is 2.13. The molecule has 0 amide bonds. The molecule has 0 unspecified atom stereocenters. The molecule has 0 heterocycles.